The van der Waals surface area contributed by atoms with E-state index in [1.807, 2.05) is 0 Å². The van der Waals surface area contributed by atoms with Gasteiger partial charge in [0.25, 0.3) is 5.91 Å². The second-order valence-corrected chi connectivity index (χ2v) is 3.38. The van der Waals surface area contributed by atoms with Crippen LogP contribution in [0.4, 0.5) is 0 Å². The highest BCUT2D eigenvalue weighted by atomic mass is 35.5. The molecule has 0 unspecified atom stereocenters. The fourth-order valence-electron chi connectivity index (χ4n) is 0.562. The van der Waals surface area contributed by atoms with Gasteiger partial charge in [-0.3, -0.25) is 10.2 Å². The molecule has 0 aromatic heterocycles. The average molecular weight is 235 g/mol. The van der Waals surface area contributed by atoms with E-state index in [2.05, 4.69) is 16.9 Å². The molecule has 0 radical (unpaired) electrons. The van der Waals surface area contributed by atoms with Crippen molar-refractivity contribution in [2.24, 2.45) is 10.7 Å². The zero-order valence-electron chi connectivity index (χ0n) is 7.63. The number of nitrogens with one attached hydrogen (secondary N) is 2. The molecule has 4 N–H and O–H groups in total. The van der Waals surface area contributed by atoms with E-state index in [1.165, 1.54) is 0 Å². The molecule has 0 atom stereocenters. The predicted octanol–water partition coefficient (Wildman–Crippen LogP) is 0.510. The first kappa shape index (κ1) is 13.2. The third kappa shape index (κ3) is 5.00. The molecule has 0 aliphatic carbocycles. The minimum Gasteiger partial charge on any atom is -0.325 e. The molecule has 14 heavy (non-hydrogen) atoms. The van der Waals surface area contributed by atoms with Crippen LogP contribution in [0.15, 0.2) is 16.7 Å². The van der Waals surface area contributed by atoms with Gasteiger partial charge >= 0.3 is 0 Å². The molecule has 0 bridgehead atoms. The van der Waals surface area contributed by atoms with Crippen molar-refractivity contribution < 1.29 is 4.79 Å². The summed E-state index contributed by atoms with van der Waals surface area (Å²) in [7, 11) is 0. The van der Waals surface area contributed by atoms with E-state index in [4.69, 9.17) is 22.7 Å². The number of amidine groups is 1. The fraction of sp³-hybridized carbons (Fsp3) is 0.286. The van der Waals surface area contributed by atoms with Crippen molar-refractivity contribution in [3.05, 3.63) is 11.7 Å². The Balaban J connectivity index is 4.48. The maximum atomic E-state index is 11.3. The SMILES string of the molecule is C=C(Cl)N=C(CN)C(=O)NC(=N)SC. The number of hydrogen-bond donors (Lipinski definition) is 3. The number of hydrogen-bond acceptors (Lipinski definition) is 5. The summed E-state index contributed by atoms with van der Waals surface area (Å²) in [5, 5.41) is 9.49. The normalized spacial score (nSPS) is 10.9. The van der Waals surface area contributed by atoms with Crippen molar-refractivity contribution in [3.8, 4) is 0 Å². The molecule has 0 heterocycles. The number of amides is 1. The lowest BCUT2D eigenvalue weighted by atomic mass is 10.3. The van der Waals surface area contributed by atoms with Gasteiger partial charge in [0.1, 0.15) is 10.9 Å². The summed E-state index contributed by atoms with van der Waals surface area (Å²) in [6, 6.07) is 0. The molecule has 1 amide bonds. The summed E-state index contributed by atoms with van der Waals surface area (Å²) in [5.41, 5.74) is 5.32. The Bertz CT molecular complexity index is 289. The smallest absolute Gasteiger partial charge is 0.272 e. The maximum absolute atomic E-state index is 11.3. The van der Waals surface area contributed by atoms with Gasteiger partial charge in [0.15, 0.2) is 5.17 Å². The molecule has 7 heteroatoms. The van der Waals surface area contributed by atoms with Gasteiger partial charge in [0.2, 0.25) is 0 Å². The van der Waals surface area contributed by atoms with E-state index in [9.17, 15) is 4.79 Å². The molecular weight excluding hydrogens is 224 g/mol. The van der Waals surface area contributed by atoms with Gasteiger partial charge in [-0.25, -0.2) is 4.99 Å². The predicted molar refractivity (Wildman–Crippen MR) is 60.9 cm³/mol. The van der Waals surface area contributed by atoms with E-state index >= 15 is 0 Å². The van der Waals surface area contributed by atoms with E-state index in [-0.39, 0.29) is 22.6 Å². The van der Waals surface area contributed by atoms with Crippen LogP contribution >= 0.6 is 23.4 Å². The second kappa shape index (κ2) is 6.58. The monoisotopic (exact) mass is 234 g/mol. The Kier molecular flexibility index (Phi) is 6.18. The van der Waals surface area contributed by atoms with Crippen molar-refractivity contribution in [1.29, 1.82) is 5.41 Å². The molecule has 0 saturated carbocycles. The number of carbonyl (C=O) groups is 1. The molecule has 78 valence electrons. The number of thioether (sulfide) groups is 1. The number of nitrogens with two attached hydrogens (primary N) is 1. The summed E-state index contributed by atoms with van der Waals surface area (Å²) < 4.78 is 0. The molecule has 0 aliphatic heterocycles. The Morgan fingerprint density at radius 2 is 2.36 bits per heavy atom. The Hall–Kier alpha value is -0.850. The topological polar surface area (TPSA) is 91.3 Å². The highest BCUT2D eigenvalue weighted by Crippen LogP contribution is 1.99. The van der Waals surface area contributed by atoms with Crippen molar-refractivity contribution in [3.63, 3.8) is 0 Å². The summed E-state index contributed by atoms with van der Waals surface area (Å²) in [6.45, 7) is 3.25. The van der Waals surface area contributed by atoms with Gasteiger partial charge in [0.05, 0.1) is 0 Å². The van der Waals surface area contributed by atoms with Crippen LogP contribution < -0.4 is 11.1 Å². The van der Waals surface area contributed by atoms with E-state index in [0.717, 1.165) is 11.8 Å². The zero-order valence-corrected chi connectivity index (χ0v) is 9.21. The summed E-state index contributed by atoms with van der Waals surface area (Å²) in [5.74, 6) is -0.534. The third-order valence-electron chi connectivity index (χ3n) is 1.14. The number of aliphatic imine (C=N–C) groups is 1. The Labute approximate surface area is 91.3 Å². The largest absolute Gasteiger partial charge is 0.325 e. The molecule has 0 fully saturated rings. The van der Waals surface area contributed by atoms with Crippen LogP contribution in [0.1, 0.15) is 0 Å². The quantitative estimate of drug-likeness (QED) is 0.378. The standard InChI is InChI=1S/C7H11ClN4OS/c1-4(8)11-5(3-9)6(13)12-7(10)14-2/h1,3,9H2,2H3,(H2,10,12,13). The van der Waals surface area contributed by atoms with Crippen LogP contribution in [0.25, 0.3) is 0 Å². The fourth-order valence-corrected chi connectivity index (χ4v) is 0.859. The highest BCUT2D eigenvalue weighted by molar-refractivity contribution is 8.13. The van der Waals surface area contributed by atoms with Crippen LogP contribution in [0.3, 0.4) is 0 Å². The van der Waals surface area contributed by atoms with Gasteiger partial charge in [-0.15, -0.1) is 0 Å². The first-order valence-electron chi connectivity index (χ1n) is 3.57. The number of carbonyl (C=O) groups excluding carboxylic acids is 1. The lowest BCUT2D eigenvalue weighted by Crippen LogP contribution is -2.37. The van der Waals surface area contributed by atoms with Gasteiger partial charge in [-0.2, -0.15) is 0 Å². The minimum absolute atomic E-state index is 0.0173. The van der Waals surface area contributed by atoms with Crippen LogP contribution in [0.5, 0.6) is 0 Å². The van der Waals surface area contributed by atoms with Crippen molar-refractivity contribution in [1.82, 2.24) is 5.32 Å². The van der Waals surface area contributed by atoms with E-state index < -0.39 is 5.91 Å². The molecule has 5 nitrogen and oxygen atoms in total. The molecule has 0 aliphatic rings. The maximum Gasteiger partial charge on any atom is 0.272 e. The third-order valence-corrected chi connectivity index (χ3v) is 1.74. The summed E-state index contributed by atoms with van der Waals surface area (Å²) >= 11 is 6.49. The second-order valence-electron chi connectivity index (χ2n) is 2.13. The van der Waals surface area contributed by atoms with Crippen LogP contribution in [0, 0.1) is 5.41 Å². The lowest BCUT2D eigenvalue weighted by Gasteiger charge is -2.04. The molecule has 0 spiro atoms. The average Bonchev–Trinajstić information content (AvgIpc) is 2.13. The molecule has 0 saturated heterocycles. The molecular formula is C7H11ClN4OS. The minimum atomic E-state index is -0.534. The molecule has 0 rings (SSSR count). The van der Waals surface area contributed by atoms with Gasteiger partial charge in [-0.05, 0) is 6.26 Å². The first-order valence-corrected chi connectivity index (χ1v) is 5.17. The number of halogens is 1. The van der Waals surface area contributed by atoms with E-state index in [0.29, 0.717) is 0 Å². The van der Waals surface area contributed by atoms with Crippen LogP contribution in [-0.2, 0) is 4.79 Å². The summed E-state index contributed by atoms with van der Waals surface area (Å²) in [6.07, 6.45) is 1.67. The number of rotatable bonds is 3. The van der Waals surface area contributed by atoms with Crippen molar-refractivity contribution in [2.75, 3.05) is 12.8 Å². The van der Waals surface area contributed by atoms with Crippen LogP contribution in [0.2, 0.25) is 0 Å². The van der Waals surface area contributed by atoms with Crippen molar-refractivity contribution in [2.45, 2.75) is 0 Å². The Morgan fingerprint density at radius 1 is 1.79 bits per heavy atom. The highest BCUT2D eigenvalue weighted by Gasteiger charge is 2.10. The number of nitrogens with zero attached hydrogens (tertiary/aromatic N) is 1. The molecule has 0 aromatic rings. The molecule has 0 aromatic carbocycles. The van der Waals surface area contributed by atoms with Gasteiger partial charge in [0, 0.05) is 6.54 Å². The summed E-state index contributed by atoms with van der Waals surface area (Å²) in [4.78, 5) is 14.9. The van der Waals surface area contributed by atoms with Crippen molar-refractivity contribution >= 4 is 40.1 Å². The zero-order chi connectivity index (χ0) is 11.1. The lowest BCUT2D eigenvalue weighted by molar-refractivity contribution is -0.113. The van der Waals surface area contributed by atoms with E-state index in [1.54, 1.807) is 6.26 Å². The first-order chi connectivity index (χ1) is 6.51. The van der Waals surface area contributed by atoms with Crippen LogP contribution in [-0.4, -0.2) is 29.6 Å². The Morgan fingerprint density at radius 3 is 2.71 bits per heavy atom. The van der Waals surface area contributed by atoms with Gasteiger partial charge < -0.3 is 11.1 Å². The van der Waals surface area contributed by atoms with Gasteiger partial charge in [-0.1, -0.05) is 29.9 Å².